The molecule has 2 aromatic rings. The highest BCUT2D eigenvalue weighted by atomic mass is 35.5. The lowest BCUT2D eigenvalue weighted by molar-refractivity contribution is -0.366. The van der Waals surface area contributed by atoms with E-state index in [0.29, 0.717) is 17.0 Å². The molecular weight excluding hydrogens is 488 g/mol. The summed E-state index contributed by atoms with van der Waals surface area (Å²) in [6.45, 7) is 10.5. The van der Waals surface area contributed by atoms with Gasteiger partial charge in [-0.15, -0.1) is 0 Å². The highest BCUT2D eigenvalue weighted by molar-refractivity contribution is 6.74. The number of benzene rings is 2. The molecule has 9 heteroatoms. The van der Waals surface area contributed by atoms with Crippen LogP contribution in [-0.4, -0.2) is 66.9 Å². The zero-order chi connectivity index (χ0) is 26.2. The second-order valence-electron chi connectivity index (χ2n) is 10.6. The molecule has 4 N–H and O–H groups in total. The Hall–Kier alpha value is -1.49. The number of hydrogen-bond donors (Lipinski definition) is 4. The Balaban J connectivity index is 1.87. The van der Waals surface area contributed by atoms with Crippen LogP contribution in [0.5, 0.6) is 5.75 Å². The molecular formula is C26H37ClO7Si. The zero-order valence-corrected chi connectivity index (χ0v) is 22.9. The molecule has 1 fully saturated rings. The van der Waals surface area contributed by atoms with Gasteiger partial charge >= 0.3 is 0 Å². The van der Waals surface area contributed by atoms with Crippen LogP contribution in [0.3, 0.4) is 0 Å². The molecule has 1 heterocycles. The summed E-state index contributed by atoms with van der Waals surface area (Å²) >= 11 is 6.49. The fourth-order valence-corrected chi connectivity index (χ4v) is 5.15. The van der Waals surface area contributed by atoms with Crippen molar-refractivity contribution in [3.63, 3.8) is 0 Å². The van der Waals surface area contributed by atoms with Gasteiger partial charge in [0.25, 0.3) is 0 Å². The maximum atomic E-state index is 10.8. The molecule has 0 spiro atoms. The van der Waals surface area contributed by atoms with Crippen molar-refractivity contribution >= 4 is 19.9 Å². The number of hydrogen-bond acceptors (Lipinski definition) is 7. The number of rotatable bonds is 7. The van der Waals surface area contributed by atoms with Crippen LogP contribution >= 0.6 is 11.6 Å². The van der Waals surface area contributed by atoms with Crippen molar-refractivity contribution in [3.8, 4) is 5.75 Å². The molecule has 0 saturated carbocycles. The van der Waals surface area contributed by atoms with E-state index in [2.05, 4.69) is 33.9 Å². The smallest absolute Gasteiger partial charge is 0.250 e. The van der Waals surface area contributed by atoms with Gasteiger partial charge in [0, 0.05) is 17.7 Å². The van der Waals surface area contributed by atoms with Crippen LogP contribution in [0.15, 0.2) is 42.5 Å². The molecule has 1 saturated heterocycles. The van der Waals surface area contributed by atoms with E-state index in [1.165, 1.54) is 7.11 Å². The van der Waals surface area contributed by atoms with Crippen LogP contribution in [0.4, 0.5) is 0 Å². The highest BCUT2D eigenvalue weighted by Gasteiger charge is 2.55. The van der Waals surface area contributed by atoms with E-state index in [4.69, 9.17) is 25.5 Å². The quantitative estimate of drug-likeness (QED) is 0.410. The molecule has 1 unspecified atom stereocenters. The van der Waals surface area contributed by atoms with E-state index in [1.807, 2.05) is 24.3 Å². The normalized spacial score (nSPS) is 27.6. The Morgan fingerprint density at radius 2 is 1.66 bits per heavy atom. The van der Waals surface area contributed by atoms with Crippen molar-refractivity contribution in [1.82, 2.24) is 0 Å². The van der Waals surface area contributed by atoms with Gasteiger partial charge in [-0.05, 0) is 59.9 Å². The van der Waals surface area contributed by atoms with Crippen molar-refractivity contribution in [2.75, 3.05) is 13.7 Å². The second kappa shape index (κ2) is 10.5. The first kappa shape index (κ1) is 28.1. The van der Waals surface area contributed by atoms with Crippen LogP contribution < -0.4 is 4.43 Å². The molecule has 7 nitrogen and oxygen atoms in total. The maximum Gasteiger partial charge on any atom is 0.250 e. The molecule has 0 radical (unpaired) electrons. The summed E-state index contributed by atoms with van der Waals surface area (Å²) in [6.07, 6.45) is -5.27. The third kappa shape index (κ3) is 5.60. The number of ether oxygens (including phenoxy) is 2. The molecule has 0 aromatic heterocycles. The first-order valence-corrected chi connectivity index (χ1v) is 15.0. The van der Waals surface area contributed by atoms with E-state index in [1.54, 1.807) is 18.2 Å². The summed E-state index contributed by atoms with van der Waals surface area (Å²) in [7, 11) is -0.609. The number of methoxy groups -OCH3 is 1. The molecule has 1 aliphatic heterocycles. The minimum Gasteiger partial charge on any atom is -0.544 e. The topological polar surface area (TPSA) is 109 Å². The molecule has 0 amide bonds. The number of halogens is 1. The van der Waals surface area contributed by atoms with Gasteiger partial charge < -0.3 is 34.3 Å². The predicted octanol–water partition coefficient (Wildman–Crippen LogP) is 3.59. The summed E-state index contributed by atoms with van der Waals surface area (Å²) in [5, 5.41) is 41.5. The summed E-state index contributed by atoms with van der Waals surface area (Å²) in [6, 6.07) is 12.9. The summed E-state index contributed by atoms with van der Waals surface area (Å²) in [5.41, 5.74) is 2.18. The third-order valence-corrected chi connectivity index (χ3v) is 11.9. The fraction of sp³-hybridized carbons (Fsp3) is 0.538. The van der Waals surface area contributed by atoms with Gasteiger partial charge in [0.05, 0.1) is 6.61 Å². The Morgan fingerprint density at radius 1 is 1.03 bits per heavy atom. The highest BCUT2D eigenvalue weighted by Crippen LogP contribution is 2.41. The molecule has 35 heavy (non-hydrogen) atoms. The van der Waals surface area contributed by atoms with Crippen LogP contribution in [-0.2, 0) is 21.7 Å². The Labute approximate surface area is 213 Å². The summed E-state index contributed by atoms with van der Waals surface area (Å²) in [4.78, 5) is 0. The van der Waals surface area contributed by atoms with E-state index < -0.39 is 45.1 Å². The fourth-order valence-electron chi connectivity index (χ4n) is 3.94. The monoisotopic (exact) mass is 524 g/mol. The maximum absolute atomic E-state index is 10.8. The minimum absolute atomic E-state index is 0.0986. The van der Waals surface area contributed by atoms with Gasteiger partial charge in [-0.3, -0.25) is 0 Å². The van der Waals surface area contributed by atoms with Crippen molar-refractivity contribution in [2.24, 2.45) is 0 Å². The Kier molecular flexibility index (Phi) is 8.40. The summed E-state index contributed by atoms with van der Waals surface area (Å²) in [5.74, 6) is -0.952. The van der Waals surface area contributed by atoms with Gasteiger partial charge in [-0.2, -0.15) is 0 Å². The number of aliphatic hydroxyl groups is 4. The molecule has 5 atom stereocenters. The van der Waals surface area contributed by atoms with Gasteiger partial charge in [0.15, 0.2) is 0 Å². The van der Waals surface area contributed by atoms with Gasteiger partial charge in [0.2, 0.25) is 14.1 Å². The van der Waals surface area contributed by atoms with Gasteiger partial charge in [-0.1, -0.05) is 50.6 Å². The molecule has 0 bridgehead atoms. The average Bonchev–Trinajstić information content (AvgIpc) is 2.80. The minimum atomic E-state index is -1.94. The van der Waals surface area contributed by atoms with E-state index >= 15 is 0 Å². The van der Waals surface area contributed by atoms with E-state index in [0.717, 1.165) is 16.9 Å². The predicted molar refractivity (Wildman–Crippen MR) is 137 cm³/mol. The third-order valence-electron chi connectivity index (χ3n) is 7.20. The SMILES string of the molecule is COC1(c2ccc(Cl)c(Cc3ccc(O[Si](C)(C)C(C)(C)C)cc3)c2)O[C@H](CO)[C@@H](O)[C@H](O)[C@H]1O. The van der Waals surface area contributed by atoms with E-state index in [9.17, 15) is 20.4 Å². The molecule has 0 aliphatic carbocycles. The molecule has 3 rings (SSSR count). The van der Waals surface area contributed by atoms with Crippen LogP contribution in [0, 0.1) is 0 Å². The van der Waals surface area contributed by atoms with Gasteiger partial charge in [-0.25, -0.2) is 0 Å². The molecule has 2 aromatic carbocycles. The van der Waals surface area contributed by atoms with Crippen LogP contribution in [0.25, 0.3) is 0 Å². The lowest BCUT2D eigenvalue weighted by Gasteiger charge is -2.47. The zero-order valence-electron chi connectivity index (χ0n) is 21.2. The Bertz CT molecular complexity index is 1010. The van der Waals surface area contributed by atoms with Gasteiger partial charge in [0.1, 0.15) is 30.2 Å². The van der Waals surface area contributed by atoms with E-state index in [-0.39, 0.29) is 5.04 Å². The average molecular weight is 525 g/mol. The van der Waals surface area contributed by atoms with Crippen LogP contribution in [0.1, 0.15) is 37.5 Å². The summed E-state index contributed by atoms with van der Waals surface area (Å²) < 4.78 is 17.7. The van der Waals surface area contributed by atoms with Crippen molar-refractivity contribution in [3.05, 3.63) is 64.2 Å². The van der Waals surface area contributed by atoms with Crippen molar-refractivity contribution < 1.29 is 34.3 Å². The van der Waals surface area contributed by atoms with Crippen molar-refractivity contribution in [2.45, 2.75) is 75.5 Å². The second-order valence-corrected chi connectivity index (χ2v) is 15.8. The molecule has 194 valence electrons. The lowest BCUT2D eigenvalue weighted by Crippen LogP contribution is -2.64. The first-order valence-electron chi connectivity index (χ1n) is 11.7. The Morgan fingerprint density at radius 3 is 2.20 bits per heavy atom. The standard InChI is InChI=1S/C26H37ClO7Si/c1-25(2,3)35(5,6)34-19-10-7-16(8-11-19)13-17-14-18(9-12-20(17)27)26(32-4)24(31)23(30)22(29)21(15-28)33-26/h7-12,14,21-24,28-31H,13,15H2,1-6H3/t21-,22-,23+,24-,26?/m1/s1. The van der Waals surface area contributed by atoms with Crippen LogP contribution in [0.2, 0.25) is 23.2 Å². The largest absolute Gasteiger partial charge is 0.544 e. The lowest BCUT2D eigenvalue weighted by atomic mass is 9.87. The molecule has 1 aliphatic rings. The first-order chi connectivity index (χ1) is 16.3. The number of aliphatic hydroxyl groups excluding tert-OH is 4. The van der Waals surface area contributed by atoms with Crippen molar-refractivity contribution in [1.29, 1.82) is 0 Å².